The summed E-state index contributed by atoms with van der Waals surface area (Å²) < 4.78 is 1.14. The average Bonchev–Trinajstić information content (AvgIpc) is 2.61. The number of para-hydroxylation sites is 1. The zero-order chi connectivity index (χ0) is 11.7. The highest BCUT2D eigenvalue weighted by Crippen LogP contribution is 2.24. The van der Waals surface area contributed by atoms with E-state index in [1.807, 2.05) is 42.6 Å². The second-order valence-corrected chi connectivity index (χ2v) is 4.77. The summed E-state index contributed by atoms with van der Waals surface area (Å²) in [6.07, 6.45) is 5.87. The van der Waals surface area contributed by atoms with Gasteiger partial charge >= 0.3 is 0 Å². The first-order valence-electron chi connectivity index (χ1n) is 5.36. The smallest absolute Gasteiger partial charge is 0.126 e. The van der Waals surface area contributed by atoms with Gasteiger partial charge in [0.05, 0.1) is 16.4 Å². The molecule has 0 spiro atoms. The van der Waals surface area contributed by atoms with Gasteiger partial charge in [0.25, 0.3) is 0 Å². The Morgan fingerprint density at radius 2 is 2.12 bits per heavy atom. The van der Waals surface area contributed by atoms with Gasteiger partial charge in [0.15, 0.2) is 0 Å². The maximum absolute atomic E-state index is 5.96. The van der Waals surface area contributed by atoms with E-state index in [4.69, 9.17) is 5.73 Å². The Morgan fingerprint density at radius 1 is 1.24 bits per heavy atom. The number of nitrogen functional groups attached to an aromatic ring is 1. The second kappa shape index (κ2) is 4.14. The molecule has 1 aromatic heterocycles. The summed E-state index contributed by atoms with van der Waals surface area (Å²) in [4.78, 5) is 8.80. The molecule has 1 aliphatic rings. The molecular weight excluding hydrogens is 230 g/mol. The van der Waals surface area contributed by atoms with Gasteiger partial charge in [-0.05, 0) is 24.3 Å². The molecule has 17 heavy (non-hydrogen) atoms. The van der Waals surface area contributed by atoms with E-state index in [1.54, 1.807) is 11.3 Å². The molecule has 1 aromatic carbocycles. The molecule has 2 heterocycles. The molecule has 0 aliphatic carbocycles. The van der Waals surface area contributed by atoms with Crippen LogP contribution in [0.5, 0.6) is 0 Å². The maximum Gasteiger partial charge on any atom is 0.126 e. The fraction of sp³-hybridized carbons (Fsp3) is 0.0769. The molecule has 0 unspecified atom stereocenters. The Kier molecular flexibility index (Phi) is 2.49. The van der Waals surface area contributed by atoms with Crippen molar-refractivity contribution in [1.82, 2.24) is 4.98 Å². The van der Waals surface area contributed by atoms with Crippen molar-refractivity contribution in [2.24, 2.45) is 4.99 Å². The molecule has 0 saturated carbocycles. The van der Waals surface area contributed by atoms with Crippen molar-refractivity contribution in [2.75, 3.05) is 12.3 Å². The molecule has 4 heteroatoms. The Morgan fingerprint density at radius 3 is 3.00 bits per heavy atom. The predicted octanol–water partition coefficient (Wildman–Crippen LogP) is 1.04. The van der Waals surface area contributed by atoms with Crippen molar-refractivity contribution in [3.8, 4) is 10.6 Å². The van der Waals surface area contributed by atoms with Crippen LogP contribution in [0.25, 0.3) is 22.7 Å². The normalized spacial score (nSPS) is 13.4. The van der Waals surface area contributed by atoms with Crippen molar-refractivity contribution < 1.29 is 0 Å². The van der Waals surface area contributed by atoms with Gasteiger partial charge < -0.3 is 5.73 Å². The molecule has 0 fully saturated rings. The van der Waals surface area contributed by atoms with Crippen LogP contribution in [-0.4, -0.2) is 17.7 Å². The SMILES string of the molecule is Nc1ccccc1-c1nc2c(s1)=CC=NCC=2. The predicted molar refractivity (Wildman–Crippen MR) is 73.5 cm³/mol. The van der Waals surface area contributed by atoms with Gasteiger partial charge in [-0.15, -0.1) is 11.3 Å². The van der Waals surface area contributed by atoms with Gasteiger partial charge in [-0.1, -0.05) is 12.1 Å². The first kappa shape index (κ1) is 10.2. The second-order valence-electron chi connectivity index (χ2n) is 3.74. The average molecular weight is 241 g/mol. The van der Waals surface area contributed by atoms with E-state index in [0.29, 0.717) is 6.54 Å². The van der Waals surface area contributed by atoms with Crippen LogP contribution in [0.3, 0.4) is 0 Å². The molecule has 3 nitrogen and oxygen atoms in total. The molecule has 2 aromatic rings. The van der Waals surface area contributed by atoms with Crippen molar-refractivity contribution in [2.45, 2.75) is 0 Å². The Bertz CT molecular complexity index is 698. The zero-order valence-electron chi connectivity index (χ0n) is 9.13. The summed E-state index contributed by atoms with van der Waals surface area (Å²) >= 11 is 1.65. The number of fused-ring (bicyclic) bond motifs is 1. The third kappa shape index (κ3) is 1.87. The molecule has 0 radical (unpaired) electrons. The van der Waals surface area contributed by atoms with E-state index in [2.05, 4.69) is 9.98 Å². The lowest BCUT2D eigenvalue weighted by Gasteiger charge is -1.99. The molecule has 0 bridgehead atoms. The first-order chi connectivity index (χ1) is 8.34. The summed E-state index contributed by atoms with van der Waals surface area (Å²) in [6, 6.07) is 7.81. The van der Waals surface area contributed by atoms with E-state index in [9.17, 15) is 0 Å². The summed E-state index contributed by atoms with van der Waals surface area (Å²) in [5, 5.41) is 1.97. The summed E-state index contributed by atoms with van der Waals surface area (Å²) in [5.41, 5.74) is 7.73. The van der Waals surface area contributed by atoms with Crippen LogP contribution in [-0.2, 0) is 0 Å². The van der Waals surface area contributed by atoms with Gasteiger partial charge in [0.2, 0.25) is 0 Å². The maximum atomic E-state index is 5.96. The van der Waals surface area contributed by atoms with Gasteiger partial charge in [0.1, 0.15) is 5.01 Å². The van der Waals surface area contributed by atoms with Gasteiger partial charge in [-0.3, -0.25) is 4.99 Å². The highest BCUT2D eigenvalue weighted by atomic mass is 32.1. The minimum absolute atomic E-state index is 0.691. The van der Waals surface area contributed by atoms with E-state index in [1.165, 1.54) is 0 Å². The molecular formula is C13H11N3S. The van der Waals surface area contributed by atoms with E-state index in [0.717, 1.165) is 26.1 Å². The number of thiazole rings is 1. The fourth-order valence-electron chi connectivity index (χ4n) is 1.74. The number of hydrogen-bond donors (Lipinski definition) is 1. The minimum atomic E-state index is 0.691. The largest absolute Gasteiger partial charge is 0.398 e. The van der Waals surface area contributed by atoms with Crippen molar-refractivity contribution in [3.05, 3.63) is 34.1 Å². The molecule has 84 valence electrons. The number of hydrogen-bond acceptors (Lipinski definition) is 4. The van der Waals surface area contributed by atoms with Crippen LogP contribution in [0.4, 0.5) is 5.69 Å². The molecule has 0 atom stereocenters. The lowest BCUT2D eigenvalue weighted by Crippen LogP contribution is -2.20. The Balaban J connectivity index is 2.22. The molecule has 2 N–H and O–H groups in total. The van der Waals surface area contributed by atoms with E-state index < -0.39 is 0 Å². The molecule has 3 rings (SSSR count). The number of rotatable bonds is 1. The lowest BCUT2D eigenvalue weighted by atomic mass is 10.2. The summed E-state index contributed by atoms with van der Waals surface area (Å²) in [7, 11) is 0. The highest BCUT2D eigenvalue weighted by Gasteiger charge is 2.06. The number of nitrogens with zero attached hydrogens (tertiary/aromatic N) is 2. The number of aliphatic imine (C=N–C) groups is 1. The van der Waals surface area contributed by atoms with E-state index >= 15 is 0 Å². The topological polar surface area (TPSA) is 51.3 Å². The molecule has 0 amide bonds. The molecule has 0 saturated heterocycles. The van der Waals surface area contributed by atoms with Crippen LogP contribution in [0.15, 0.2) is 29.3 Å². The van der Waals surface area contributed by atoms with Crippen LogP contribution >= 0.6 is 11.3 Å². The Hall–Kier alpha value is -1.94. The lowest BCUT2D eigenvalue weighted by molar-refractivity contribution is 1.26. The third-order valence-corrected chi connectivity index (χ3v) is 3.66. The van der Waals surface area contributed by atoms with Gasteiger partial charge in [-0.25, -0.2) is 4.98 Å². The van der Waals surface area contributed by atoms with Crippen molar-refractivity contribution in [3.63, 3.8) is 0 Å². The van der Waals surface area contributed by atoms with Crippen LogP contribution in [0, 0.1) is 0 Å². The standard InChI is InChI=1S/C13H11N3S/c14-10-4-2-1-3-9(10)13-16-11-5-7-15-8-6-12(11)17-13/h1-6,8H,7,14H2. The minimum Gasteiger partial charge on any atom is -0.398 e. The number of anilines is 1. The summed E-state index contributed by atoms with van der Waals surface area (Å²) in [6.45, 7) is 0.691. The highest BCUT2D eigenvalue weighted by molar-refractivity contribution is 7.13. The number of nitrogens with two attached hydrogens (primary N) is 1. The van der Waals surface area contributed by atoms with Gasteiger partial charge in [-0.2, -0.15) is 0 Å². The Labute approximate surface area is 103 Å². The first-order valence-corrected chi connectivity index (χ1v) is 6.18. The van der Waals surface area contributed by atoms with Crippen LogP contribution < -0.4 is 15.6 Å². The van der Waals surface area contributed by atoms with Crippen molar-refractivity contribution >= 4 is 35.4 Å². The zero-order valence-corrected chi connectivity index (χ0v) is 9.95. The molecule has 1 aliphatic heterocycles. The monoisotopic (exact) mass is 241 g/mol. The van der Waals surface area contributed by atoms with E-state index in [-0.39, 0.29) is 0 Å². The summed E-state index contributed by atoms with van der Waals surface area (Å²) in [5.74, 6) is 0. The van der Waals surface area contributed by atoms with Crippen molar-refractivity contribution in [1.29, 1.82) is 0 Å². The fourth-order valence-corrected chi connectivity index (χ4v) is 2.75. The third-order valence-electron chi connectivity index (χ3n) is 2.59. The van der Waals surface area contributed by atoms with Crippen LogP contribution in [0.2, 0.25) is 0 Å². The number of aromatic nitrogens is 1. The van der Waals surface area contributed by atoms with Gasteiger partial charge in [0, 0.05) is 17.5 Å². The van der Waals surface area contributed by atoms with Crippen LogP contribution in [0.1, 0.15) is 0 Å². The number of benzene rings is 1. The quantitative estimate of drug-likeness (QED) is 0.758.